The van der Waals surface area contributed by atoms with E-state index in [1.165, 1.54) is 0 Å². The molecule has 190 valence electrons. The summed E-state index contributed by atoms with van der Waals surface area (Å²) in [5, 5.41) is 13.0. The minimum absolute atomic E-state index is 0.116. The van der Waals surface area contributed by atoms with Crippen molar-refractivity contribution in [1.82, 2.24) is 30.8 Å². The van der Waals surface area contributed by atoms with Crippen LogP contribution in [0.25, 0.3) is 16.9 Å². The van der Waals surface area contributed by atoms with E-state index in [-0.39, 0.29) is 36.5 Å². The molecule has 1 aliphatic heterocycles. The summed E-state index contributed by atoms with van der Waals surface area (Å²) < 4.78 is 7.74. The number of rotatable bonds is 9. The van der Waals surface area contributed by atoms with E-state index in [9.17, 15) is 9.59 Å². The lowest BCUT2D eigenvalue weighted by Gasteiger charge is -2.16. The quantitative estimate of drug-likeness (QED) is 0.358. The number of halogens is 2. The third-order valence-electron chi connectivity index (χ3n) is 5.59. The summed E-state index contributed by atoms with van der Waals surface area (Å²) in [6.45, 7) is 4.25. The Hall–Kier alpha value is -3.27. The second-order valence-corrected chi connectivity index (χ2v) is 9.01. The molecule has 11 heteroatoms. The average molecular weight is 531 g/mol. The van der Waals surface area contributed by atoms with Gasteiger partial charge in [-0.1, -0.05) is 47.5 Å². The summed E-state index contributed by atoms with van der Waals surface area (Å²) >= 11 is 12.7. The highest BCUT2D eigenvalue weighted by Crippen LogP contribution is 2.37. The van der Waals surface area contributed by atoms with E-state index in [2.05, 4.69) is 21.2 Å². The number of urea groups is 1. The smallest absolute Gasteiger partial charge is 0.314 e. The molecule has 0 unspecified atom stereocenters. The molecular weight excluding hydrogens is 503 g/mol. The molecule has 1 saturated heterocycles. The van der Waals surface area contributed by atoms with Crippen LogP contribution in [0.2, 0.25) is 10.0 Å². The molecule has 0 atom stereocenters. The molecule has 0 saturated carbocycles. The van der Waals surface area contributed by atoms with Gasteiger partial charge in [0.15, 0.2) is 11.4 Å². The van der Waals surface area contributed by atoms with Crippen molar-refractivity contribution in [2.75, 3.05) is 32.8 Å². The number of benzene rings is 2. The van der Waals surface area contributed by atoms with Crippen molar-refractivity contribution in [3.63, 3.8) is 0 Å². The topological polar surface area (TPSA) is 101 Å². The van der Waals surface area contributed by atoms with Crippen molar-refractivity contribution in [3.8, 4) is 22.7 Å². The summed E-state index contributed by atoms with van der Waals surface area (Å²) in [4.78, 5) is 25.2. The van der Waals surface area contributed by atoms with Crippen LogP contribution in [0, 0.1) is 0 Å². The monoisotopic (exact) mass is 530 g/mol. The Balaban J connectivity index is 1.76. The molecule has 0 radical (unpaired) electrons. The largest absolute Gasteiger partial charge is 0.487 e. The SMILES string of the molecule is CCNC(=O)NCCOc1c(C(=O)NN2CCCC2)nn(-c2ccccc2Cl)c1-c1ccc(Cl)cc1. The Morgan fingerprint density at radius 3 is 2.44 bits per heavy atom. The van der Waals surface area contributed by atoms with Gasteiger partial charge in [0.1, 0.15) is 12.3 Å². The lowest BCUT2D eigenvalue weighted by atomic mass is 10.1. The van der Waals surface area contributed by atoms with Crippen molar-refractivity contribution in [1.29, 1.82) is 0 Å². The van der Waals surface area contributed by atoms with Gasteiger partial charge < -0.3 is 15.4 Å². The molecule has 1 fully saturated rings. The Bertz CT molecular complexity index is 1210. The lowest BCUT2D eigenvalue weighted by molar-refractivity contribution is 0.0816. The van der Waals surface area contributed by atoms with Gasteiger partial charge in [-0.15, -0.1) is 0 Å². The van der Waals surface area contributed by atoms with Crippen LogP contribution in [0.3, 0.4) is 0 Å². The fourth-order valence-corrected chi connectivity index (χ4v) is 4.26. The third kappa shape index (κ3) is 6.10. The van der Waals surface area contributed by atoms with Crippen LogP contribution < -0.4 is 20.8 Å². The van der Waals surface area contributed by atoms with Crippen LogP contribution in [0.15, 0.2) is 48.5 Å². The summed E-state index contributed by atoms with van der Waals surface area (Å²) in [6.07, 6.45) is 2.03. The second-order valence-electron chi connectivity index (χ2n) is 8.17. The zero-order valence-corrected chi connectivity index (χ0v) is 21.4. The van der Waals surface area contributed by atoms with Crippen molar-refractivity contribution >= 4 is 35.1 Å². The van der Waals surface area contributed by atoms with E-state index in [4.69, 9.17) is 27.9 Å². The molecule has 0 spiro atoms. The molecule has 3 aromatic rings. The minimum atomic E-state index is -0.385. The average Bonchev–Trinajstić information content (AvgIpc) is 3.51. The molecule has 4 rings (SSSR count). The summed E-state index contributed by atoms with van der Waals surface area (Å²) in [6, 6.07) is 14.1. The van der Waals surface area contributed by atoms with Gasteiger partial charge in [-0.25, -0.2) is 14.5 Å². The van der Waals surface area contributed by atoms with Crippen molar-refractivity contribution in [3.05, 3.63) is 64.3 Å². The summed E-state index contributed by atoms with van der Waals surface area (Å²) in [7, 11) is 0. The fraction of sp³-hybridized carbons (Fsp3) is 0.320. The number of ether oxygens (including phenoxy) is 1. The molecular formula is C25H28Cl2N6O3. The maximum Gasteiger partial charge on any atom is 0.314 e. The number of carbonyl (C=O) groups excluding carboxylic acids is 2. The molecule has 9 nitrogen and oxygen atoms in total. The molecule has 3 amide bonds. The highest BCUT2D eigenvalue weighted by Gasteiger charge is 2.29. The third-order valence-corrected chi connectivity index (χ3v) is 6.16. The predicted molar refractivity (Wildman–Crippen MR) is 140 cm³/mol. The number of nitrogens with zero attached hydrogens (tertiary/aromatic N) is 3. The molecule has 36 heavy (non-hydrogen) atoms. The number of hydrogen-bond acceptors (Lipinski definition) is 5. The Morgan fingerprint density at radius 1 is 1.03 bits per heavy atom. The highest BCUT2D eigenvalue weighted by molar-refractivity contribution is 6.32. The Kier molecular flexibility index (Phi) is 8.69. The van der Waals surface area contributed by atoms with Gasteiger partial charge in [0.05, 0.1) is 17.3 Å². The number of hydrogen-bond donors (Lipinski definition) is 3. The van der Waals surface area contributed by atoms with Crippen LogP contribution in [0.5, 0.6) is 5.75 Å². The predicted octanol–water partition coefficient (Wildman–Crippen LogP) is 4.28. The molecule has 0 aliphatic carbocycles. The molecule has 1 aromatic heterocycles. The Morgan fingerprint density at radius 2 is 1.75 bits per heavy atom. The number of aromatic nitrogens is 2. The first-order valence-electron chi connectivity index (χ1n) is 11.8. The molecule has 2 aromatic carbocycles. The Labute approximate surface area is 219 Å². The summed E-state index contributed by atoms with van der Waals surface area (Å²) in [5.74, 6) is -0.101. The van der Waals surface area contributed by atoms with Crippen LogP contribution in [0.4, 0.5) is 4.79 Å². The molecule has 0 bridgehead atoms. The van der Waals surface area contributed by atoms with Gasteiger partial charge in [-0.05, 0) is 44.0 Å². The number of carbonyl (C=O) groups is 2. The number of amides is 3. The van der Waals surface area contributed by atoms with Crippen LogP contribution >= 0.6 is 23.2 Å². The minimum Gasteiger partial charge on any atom is -0.487 e. The van der Waals surface area contributed by atoms with Crippen LogP contribution in [-0.2, 0) is 0 Å². The van der Waals surface area contributed by atoms with Crippen molar-refractivity contribution < 1.29 is 14.3 Å². The van der Waals surface area contributed by atoms with Gasteiger partial charge in [0, 0.05) is 30.2 Å². The molecule has 2 heterocycles. The zero-order chi connectivity index (χ0) is 25.5. The van der Waals surface area contributed by atoms with E-state index < -0.39 is 0 Å². The fourth-order valence-electron chi connectivity index (χ4n) is 3.91. The standard InChI is InChI=1S/C25H28Cl2N6O3/c1-2-28-25(35)29-13-16-36-23-21(24(34)31-32-14-5-6-15-32)30-33(20-8-4-3-7-19(20)27)22(23)17-9-11-18(26)12-10-17/h3-4,7-12H,2,5-6,13-16H2,1H3,(H,31,34)(H2,28,29,35). The van der Waals surface area contributed by atoms with Gasteiger partial charge in [0.25, 0.3) is 5.91 Å². The van der Waals surface area contributed by atoms with E-state index in [0.717, 1.165) is 31.5 Å². The van der Waals surface area contributed by atoms with Crippen LogP contribution in [0.1, 0.15) is 30.3 Å². The maximum atomic E-state index is 13.4. The van der Waals surface area contributed by atoms with Gasteiger partial charge >= 0.3 is 6.03 Å². The van der Waals surface area contributed by atoms with E-state index in [1.807, 2.05) is 42.3 Å². The number of hydrazine groups is 1. The van der Waals surface area contributed by atoms with E-state index in [1.54, 1.807) is 22.9 Å². The normalized spacial score (nSPS) is 13.4. The first-order chi connectivity index (χ1) is 17.5. The second kappa shape index (κ2) is 12.1. The first kappa shape index (κ1) is 25.8. The maximum absolute atomic E-state index is 13.4. The molecule has 1 aliphatic rings. The number of nitrogens with one attached hydrogen (secondary N) is 3. The molecule has 3 N–H and O–H groups in total. The van der Waals surface area contributed by atoms with Gasteiger partial charge in [-0.2, -0.15) is 5.10 Å². The first-order valence-corrected chi connectivity index (χ1v) is 12.6. The van der Waals surface area contributed by atoms with E-state index in [0.29, 0.717) is 28.0 Å². The van der Waals surface area contributed by atoms with Crippen molar-refractivity contribution in [2.45, 2.75) is 19.8 Å². The van der Waals surface area contributed by atoms with Crippen LogP contribution in [-0.4, -0.2) is 59.5 Å². The van der Waals surface area contributed by atoms with Gasteiger partial charge in [0.2, 0.25) is 0 Å². The zero-order valence-electron chi connectivity index (χ0n) is 19.9. The lowest BCUT2D eigenvalue weighted by Crippen LogP contribution is -2.40. The van der Waals surface area contributed by atoms with Crippen molar-refractivity contribution in [2.24, 2.45) is 0 Å². The summed E-state index contributed by atoms with van der Waals surface area (Å²) in [5.41, 5.74) is 4.92. The number of para-hydroxylation sites is 1. The van der Waals surface area contributed by atoms with Gasteiger partial charge in [-0.3, -0.25) is 10.2 Å². The highest BCUT2D eigenvalue weighted by atomic mass is 35.5. The van der Waals surface area contributed by atoms with E-state index >= 15 is 0 Å².